The normalized spacial score (nSPS) is 28.8. The summed E-state index contributed by atoms with van der Waals surface area (Å²) in [5.74, 6) is -1.12. The molecular formula is C11H18O4. The van der Waals surface area contributed by atoms with Gasteiger partial charge < -0.3 is 9.84 Å². The van der Waals surface area contributed by atoms with E-state index in [1.807, 2.05) is 0 Å². The highest BCUT2D eigenvalue weighted by Crippen LogP contribution is 2.38. The number of rotatable bonds is 4. The maximum Gasteiger partial charge on any atom is 0.317 e. The van der Waals surface area contributed by atoms with Gasteiger partial charge in [0.1, 0.15) is 11.2 Å². The number of Topliss-reactive ketones (excluding diaryl/α,β-unsaturated/α-hetero) is 1. The van der Waals surface area contributed by atoms with Gasteiger partial charge in [-0.3, -0.25) is 9.59 Å². The Hall–Kier alpha value is -0.900. The monoisotopic (exact) mass is 214 g/mol. The molecule has 0 heterocycles. The van der Waals surface area contributed by atoms with Crippen molar-refractivity contribution in [2.45, 2.75) is 45.1 Å². The molecular weight excluding hydrogens is 196 g/mol. The first-order valence-electron chi connectivity index (χ1n) is 5.32. The van der Waals surface area contributed by atoms with E-state index in [0.29, 0.717) is 12.8 Å². The lowest BCUT2D eigenvalue weighted by atomic mass is 9.70. The van der Waals surface area contributed by atoms with Crippen LogP contribution < -0.4 is 0 Å². The van der Waals surface area contributed by atoms with Crippen molar-refractivity contribution in [3.8, 4) is 0 Å². The molecule has 2 atom stereocenters. The van der Waals surface area contributed by atoms with Crippen molar-refractivity contribution in [3.05, 3.63) is 0 Å². The molecule has 0 amide bonds. The van der Waals surface area contributed by atoms with E-state index in [1.54, 1.807) is 6.92 Å². The zero-order chi connectivity index (χ0) is 11.5. The van der Waals surface area contributed by atoms with Gasteiger partial charge in [-0.25, -0.2) is 0 Å². The van der Waals surface area contributed by atoms with Crippen molar-refractivity contribution >= 4 is 11.8 Å². The summed E-state index contributed by atoms with van der Waals surface area (Å²) in [6, 6.07) is 0. The molecule has 1 aliphatic carbocycles. The zero-order valence-electron chi connectivity index (χ0n) is 9.28. The number of carbonyl (C=O) groups is 2. The molecule has 0 aliphatic heterocycles. The summed E-state index contributed by atoms with van der Waals surface area (Å²) in [6.07, 6.45) is 2.57. The van der Waals surface area contributed by atoms with Crippen molar-refractivity contribution < 1.29 is 19.4 Å². The Kier molecular flexibility index (Phi) is 3.85. The summed E-state index contributed by atoms with van der Waals surface area (Å²) in [6.45, 7) is 1.80. The van der Waals surface area contributed by atoms with Gasteiger partial charge in [0, 0.05) is 13.5 Å². The van der Waals surface area contributed by atoms with Crippen LogP contribution >= 0.6 is 0 Å². The van der Waals surface area contributed by atoms with Crippen molar-refractivity contribution in [3.63, 3.8) is 0 Å². The summed E-state index contributed by atoms with van der Waals surface area (Å²) in [5, 5.41) is 9.23. The zero-order valence-corrected chi connectivity index (χ0v) is 9.28. The number of hydrogen-bond donors (Lipinski definition) is 1. The van der Waals surface area contributed by atoms with Crippen LogP contribution in [0.4, 0.5) is 0 Å². The molecule has 4 nitrogen and oxygen atoms in total. The van der Waals surface area contributed by atoms with Crippen molar-refractivity contribution in [1.29, 1.82) is 0 Å². The second-order valence-electron chi connectivity index (χ2n) is 4.27. The number of ether oxygens (including phenoxy) is 1. The van der Waals surface area contributed by atoms with Crippen LogP contribution in [0.1, 0.15) is 39.0 Å². The van der Waals surface area contributed by atoms with E-state index >= 15 is 0 Å². The van der Waals surface area contributed by atoms with Gasteiger partial charge in [0.2, 0.25) is 0 Å². The van der Waals surface area contributed by atoms with E-state index in [9.17, 15) is 14.7 Å². The first kappa shape index (κ1) is 12.2. The first-order chi connectivity index (χ1) is 7.03. The second kappa shape index (κ2) is 4.75. The quantitative estimate of drug-likeness (QED) is 0.722. The fourth-order valence-corrected chi connectivity index (χ4v) is 2.19. The highest BCUT2D eigenvalue weighted by molar-refractivity contribution is 6.03. The maximum absolute atomic E-state index is 11.8. The molecule has 4 heteroatoms. The predicted octanol–water partition coefficient (Wildman–Crippen LogP) is 1.63. The molecule has 1 fully saturated rings. The van der Waals surface area contributed by atoms with E-state index in [1.165, 1.54) is 7.11 Å². The van der Waals surface area contributed by atoms with Crippen LogP contribution in [-0.4, -0.2) is 30.1 Å². The SMILES string of the molecule is COC(C)CC1(C(=O)O)CCCCC1=O. The van der Waals surface area contributed by atoms with Gasteiger partial charge in [-0.1, -0.05) is 6.42 Å². The van der Waals surface area contributed by atoms with Crippen molar-refractivity contribution in [2.75, 3.05) is 7.11 Å². The van der Waals surface area contributed by atoms with Crippen molar-refractivity contribution in [1.82, 2.24) is 0 Å². The standard InChI is InChI=1S/C11H18O4/c1-8(15-2)7-11(10(13)14)6-4-3-5-9(11)12/h8H,3-7H2,1-2H3,(H,13,14). The topological polar surface area (TPSA) is 63.6 Å². The molecule has 0 spiro atoms. The third-order valence-corrected chi connectivity index (χ3v) is 3.24. The fourth-order valence-electron chi connectivity index (χ4n) is 2.19. The van der Waals surface area contributed by atoms with Crippen LogP contribution in [0.5, 0.6) is 0 Å². The summed E-state index contributed by atoms with van der Waals surface area (Å²) < 4.78 is 5.06. The summed E-state index contributed by atoms with van der Waals surface area (Å²) in [7, 11) is 1.54. The van der Waals surface area contributed by atoms with Gasteiger partial charge in [-0.15, -0.1) is 0 Å². The molecule has 0 radical (unpaired) electrons. The van der Waals surface area contributed by atoms with E-state index < -0.39 is 11.4 Å². The van der Waals surface area contributed by atoms with Crippen molar-refractivity contribution in [2.24, 2.45) is 5.41 Å². The number of carboxylic acids is 1. The van der Waals surface area contributed by atoms with Crippen LogP contribution in [0.25, 0.3) is 0 Å². The molecule has 15 heavy (non-hydrogen) atoms. The first-order valence-corrected chi connectivity index (χ1v) is 5.32. The second-order valence-corrected chi connectivity index (χ2v) is 4.27. The molecule has 2 unspecified atom stereocenters. The average molecular weight is 214 g/mol. The van der Waals surface area contributed by atoms with Crippen LogP contribution in [-0.2, 0) is 14.3 Å². The Morgan fingerprint density at radius 1 is 1.60 bits per heavy atom. The minimum absolute atomic E-state index is 0.134. The third kappa shape index (κ3) is 2.37. The smallest absolute Gasteiger partial charge is 0.317 e. The predicted molar refractivity (Wildman–Crippen MR) is 54.6 cm³/mol. The third-order valence-electron chi connectivity index (χ3n) is 3.24. The Balaban J connectivity index is 2.86. The molecule has 86 valence electrons. The fraction of sp³-hybridized carbons (Fsp3) is 0.818. The number of ketones is 1. The Labute approximate surface area is 89.6 Å². The van der Waals surface area contributed by atoms with Gasteiger partial charge >= 0.3 is 5.97 Å². The van der Waals surface area contributed by atoms with Crippen LogP contribution in [0.3, 0.4) is 0 Å². The van der Waals surface area contributed by atoms with Gasteiger partial charge in [-0.05, 0) is 26.2 Å². The van der Waals surface area contributed by atoms with Crippen LogP contribution in [0.15, 0.2) is 0 Å². The highest BCUT2D eigenvalue weighted by atomic mass is 16.5. The van der Waals surface area contributed by atoms with Crippen LogP contribution in [0, 0.1) is 5.41 Å². The lowest BCUT2D eigenvalue weighted by molar-refractivity contribution is -0.159. The number of carboxylic acid groups (broad SMARTS) is 1. The molecule has 0 saturated heterocycles. The summed E-state index contributed by atoms with van der Waals surface area (Å²) in [5.41, 5.74) is -1.19. The number of aliphatic carboxylic acids is 1. The molecule has 1 saturated carbocycles. The number of hydrogen-bond acceptors (Lipinski definition) is 3. The minimum atomic E-state index is -1.19. The Morgan fingerprint density at radius 3 is 2.73 bits per heavy atom. The number of methoxy groups -OCH3 is 1. The lowest BCUT2D eigenvalue weighted by Crippen LogP contribution is -2.44. The average Bonchev–Trinajstić information content (AvgIpc) is 2.21. The highest BCUT2D eigenvalue weighted by Gasteiger charge is 2.47. The molecule has 1 aliphatic rings. The molecule has 0 aromatic carbocycles. The molecule has 1 rings (SSSR count). The van der Waals surface area contributed by atoms with Crippen LogP contribution in [0.2, 0.25) is 0 Å². The number of carbonyl (C=O) groups excluding carboxylic acids is 1. The maximum atomic E-state index is 11.8. The van der Waals surface area contributed by atoms with Gasteiger partial charge in [-0.2, -0.15) is 0 Å². The molecule has 0 aromatic heterocycles. The minimum Gasteiger partial charge on any atom is -0.480 e. The van der Waals surface area contributed by atoms with E-state index in [4.69, 9.17) is 4.74 Å². The van der Waals surface area contributed by atoms with E-state index in [0.717, 1.165) is 12.8 Å². The van der Waals surface area contributed by atoms with Gasteiger partial charge in [0.25, 0.3) is 0 Å². The Bertz CT molecular complexity index is 261. The van der Waals surface area contributed by atoms with Gasteiger partial charge in [0.15, 0.2) is 0 Å². The van der Waals surface area contributed by atoms with E-state index in [-0.39, 0.29) is 18.3 Å². The summed E-state index contributed by atoms with van der Waals surface area (Å²) >= 11 is 0. The largest absolute Gasteiger partial charge is 0.480 e. The molecule has 1 N–H and O–H groups in total. The molecule has 0 bridgehead atoms. The van der Waals surface area contributed by atoms with Gasteiger partial charge in [0.05, 0.1) is 6.10 Å². The Morgan fingerprint density at radius 2 is 2.27 bits per heavy atom. The van der Waals surface area contributed by atoms with E-state index in [2.05, 4.69) is 0 Å². The lowest BCUT2D eigenvalue weighted by Gasteiger charge is -2.33. The summed E-state index contributed by atoms with van der Waals surface area (Å²) in [4.78, 5) is 23.0. The molecule has 0 aromatic rings.